The predicted molar refractivity (Wildman–Crippen MR) is 134 cm³/mol. The minimum Gasteiger partial charge on any atom is -0.490 e. The van der Waals surface area contributed by atoms with E-state index in [-0.39, 0.29) is 24.3 Å². The number of ether oxygens (including phenoxy) is 2. The van der Waals surface area contributed by atoms with Crippen molar-refractivity contribution in [2.24, 2.45) is 0 Å². The lowest BCUT2D eigenvalue weighted by atomic mass is 10.0. The van der Waals surface area contributed by atoms with E-state index in [4.69, 9.17) is 14.7 Å². The van der Waals surface area contributed by atoms with Gasteiger partial charge >= 0.3 is 6.09 Å². The third kappa shape index (κ3) is 7.82. The third-order valence-corrected chi connectivity index (χ3v) is 5.60. The van der Waals surface area contributed by atoms with Gasteiger partial charge in [-0.25, -0.2) is 4.79 Å². The number of aliphatic hydroxyl groups is 1. The number of piperidine rings is 1. The molecule has 9 heteroatoms. The first-order valence-electron chi connectivity index (χ1n) is 11.8. The molecule has 190 valence electrons. The minimum absolute atomic E-state index is 0.0268. The van der Waals surface area contributed by atoms with Crippen LogP contribution in [0, 0.1) is 21.4 Å². The number of nitriles is 1. The highest BCUT2D eigenvalue weighted by molar-refractivity contribution is 5.68. The maximum Gasteiger partial charge on any atom is 0.410 e. The van der Waals surface area contributed by atoms with E-state index in [0.717, 1.165) is 5.56 Å². The molecule has 36 heavy (non-hydrogen) atoms. The Morgan fingerprint density at radius 3 is 2.64 bits per heavy atom. The van der Waals surface area contributed by atoms with Crippen molar-refractivity contribution in [3.63, 3.8) is 0 Å². The van der Waals surface area contributed by atoms with Crippen LogP contribution >= 0.6 is 0 Å². The van der Waals surface area contributed by atoms with E-state index in [1.807, 2.05) is 20.8 Å². The average molecular weight is 494 g/mol. The second-order valence-electron chi connectivity index (χ2n) is 9.70. The Bertz CT molecular complexity index is 1160. The van der Waals surface area contributed by atoms with Crippen LogP contribution in [0.3, 0.4) is 0 Å². The monoisotopic (exact) mass is 493 g/mol. The molecule has 0 aromatic heterocycles. The fraction of sp³-hybridized carbons (Fsp3) is 0.407. The Kier molecular flexibility index (Phi) is 8.67. The number of aliphatic hydroxyl groups excluding tert-OH is 1. The predicted octanol–water partition coefficient (Wildman–Crippen LogP) is 4.86. The molecule has 1 aliphatic heterocycles. The number of nitro groups is 1. The standard InChI is InChI=1S/C27H31N3O6/c1-27(2,3)36-26(32)29-13-11-23(12-14-29)35-24-9-10-25(30(33)34)21(17-24)16-22(31)8-7-19-5-4-6-20(15-19)18-28/h4-10,15,17,22-23,31H,11-14,16H2,1-3H3/b8-7+/t22-/m0/s1. The zero-order valence-corrected chi connectivity index (χ0v) is 20.7. The van der Waals surface area contributed by atoms with Crippen molar-refractivity contribution in [2.75, 3.05) is 13.1 Å². The molecule has 1 heterocycles. The number of nitro benzene ring substituents is 1. The summed E-state index contributed by atoms with van der Waals surface area (Å²) in [7, 11) is 0. The number of carbonyl (C=O) groups is 1. The van der Waals surface area contributed by atoms with Gasteiger partial charge in [-0.3, -0.25) is 10.1 Å². The van der Waals surface area contributed by atoms with E-state index >= 15 is 0 Å². The molecule has 1 saturated heterocycles. The molecule has 0 unspecified atom stereocenters. The van der Waals surface area contributed by atoms with Crippen molar-refractivity contribution in [1.29, 1.82) is 5.26 Å². The SMILES string of the molecule is CC(C)(C)OC(=O)N1CCC(Oc2ccc([N+](=O)[O-])c(C[C@@H](O)/C=C/c3cccc(C#N)c3)c2)CC1. The number of likely N-dealkylation sites (tertiary alicyclic amines) is 1. The molecule has 1 fully saturated rings. The Morgan fingerprint density at radius 2 is 2.00 bits per heavy atom. The Morgan fingerprint density at radius 1 is 1.28 bits per heavy atom. The van der Waals surface area contributed by atoms with Crippen LogP contribution in [0.1, 0.15) is 50.3 Å². The van der Waals surface area contributed by atoms with E-state index in [1.165, 1.54) is 6.07 Å². The van der Waals surface area contributed by atoms with Gasteiger partial charge in [0.1, 0.15) is 17.5 Å². The van der Waals surface area contributed by atoms with Gasteiger partial charge in [-0.1, -0.05) is 24.3 Å². The van der Waals surface area contributed by atoms with Crippen LogP contribution in [0.4, 0.5) is 10.5 Å². The van der Waals surface area contributed by atoms with Crippen LogP contribution in [-0.2, 0) is 11.2 Å². The van der Waals surface area contributed by atoms with E-state index in [0.29, 0.717) is 42.8 Å². The fourth-order valence-corrected chi connectivity index (χ4v) is 3.88. The van der Waals surface area contributed by atoms with Crippen molar-refractivity contribution in [2.45, 2.75) is 57.8 Å². The lowest BCUT2D eigenvalue weighted by Crippen LogP contribution is -2.44. The summed E-state index contributed by atoms with van der Waals surface area (Å²) < 4.78 is 11.5. The highest BCUT2D eigenvalue weighted by atomic mass is 16.6. The molecular formula is C27H31N3O6. The van der Waals surface area contributed by atoms with E-state index in [1.54, 1.807) is 53.5 Å². The molecule has 1 aliphatic rings. The summed E-state index contributed by atoms with van der Waals surface area (Å²) in [6.45, 7) is 6.47. The van der Waals surface area contributed by atoms with Crippen LogP contribution in [-0.4, -0.2) is 51.9 Å². The summed E-state index contributed by atoms with van der Waals surface area (Å²) in [5.41, 5.74) is 0.953. The van der Waals surface area contributed by atoms with Gasteiger partial charge in [-0.2, -0.15) is 5.26 Å². The van der Waals surface area contributed by atoms with Crippen molar-refractivity contribution in [3.05, 3.63) is 75.3 Å². The van der Waals surface area contributed by atoms with Crippen molar-refractivity contribution in [1.82, 2.24) is 4.90 Å². The third-order valence-electron chi connectivity index (χ3n) is 5.60. The molecular weight excluding hydrogens is 462 g/mol. The molecule has 3 rings (SSSR count). The largest absolute Gasteiger partial charge is 0.490 e. The number of nitrogens with zero attached hydrogens (tertiary/aromatic N) is 3. The van der Waals surface area contributed by atoms with Crippen molar-refractivity contribution < 1.29 is 24.3 Å². The van der Waals surface area contributed by atoms with Gasteiger partial charge in [0.15, 0.2) is 0 Å². The normalized spacial score (nSPS) is 15.4. The molecule has 0 saturated carbocycles. The first-order valence-corrected chi connectivity index (χ1v) is 11.8. The van der Waals surface area contributed by atoms with Gasteiger partial charge in [0.25, 0.3) is 5.69 Å². The molecule has 2 aromatic carbocycles. The molecule has 0 radical (unpaired) electrons. The summed E-state index contributed by atoms with van der Waals surface area (Å²) in [5.74, 6) is 0.476. The fourth-order valence-electron chi connectivity index (χ4n) is 3.88. The van der Waals surface area contributed by atoms with Gasteiger partial charge in [-0.05, 0) is 50.6 Å². The summed E-state index contributed by atoms with van der Waals surface area (Å²) in [5, 5.41) is 31.1. The van der Waals surface area contributed by atoms with E-state index in [2.05, 4.69) is 6.07 Å². The molecule has 1 amide bonds. The molecule has 0 bridgehead atoms. The second-order valence-corrected chi connectivity index (χ2v) is 9.70. The topological polar surface area (TPSA) is 126 Å². The number of amides is 1. The molecule has 1 atom stereocenters. The molecule has 0 spiro atoms. The first kappa shape index (κ1) is 26.7. The van der Waals surface area contributed by atoms with Crippen LogP contribution in [0.5, 0.6) is 5.75 Å². The van der Waals surface area contributed by atoms with Gasteiger partial charge in [0.05, 0.1) is 22.7 Å². The average Bonchev–Trinajstić information content (AvgIpc) is 2.82. The van der Waals surface area contributed by atoms with Crippen molar-refractivity contribution >= 4 is 17.9 Å². The first-order chi connectivity index (χ1) is 17.0. The summed E-state index contributed by atoms with van der Waals surface area (Å²) in [6, 6.07) is 13.5. The van der Waals surface area contributed by atoms with E-state index in [9.17, 15) is 20.0 Å². The number of rotatable bonds is 7. The molecule has 1 N–H and O–H groups in total. The van der Waals surface area contributed by atoms with Gasteiger partial charge < -0.3 is 19.5 Å². The zero-order chi connectivity index (χ0) is 26.3. The summed E-state index contributed by atoms with van der Waals surface area (Å²) in [6.07, 6.45) is 3.00. The maximum absolute atomic E-state index is 12.3. The summed E-state index contributed by atoms with van der Waals surface area (Å²) in [4.78, 5) is 25.0. The van der Waals surface area contributed by atoms with Gasteiger partial charge in [0.2, 0.25) is 0 Å². The Hall–Kier alpha value is -3.90. The molecule has 0 aliphatic carbocycles. The minimum atomic E-state index is -0.971. The van der Waals surface area contributed by atoms with Crippen LogP contribution in [0.2, 0.25) is 0 Å². The summed E-state index contributed by atoms with van der Waals surface area (Å²) >= 11 is 0. The van der Waals surface area contributed by atoms with Gasteiger partial charge in [0, 0.05) is 44.0 Å². The number of hydrogen-bond acceptors (Lipinski definition) is 7. The number of benzene rings is 2. The van der Waals surface area contributed by atoms with Crippen LogP contribution in [0.25, 0.3) is 6.08 Å². The van der Waals surface area contributed by atoms with Gasteiger partial charge in [-0.15, -0.1) is 0 Å². The number of carbonyl (C=O) groups excluding carboxylic acids is 1. The van der Waals surface area contributed by atoms with Crippen LogP contribution in [0.15, 0.2) is 48.5 Å². The number of hydrogen-bond donors (Lipinski definition) is 1. The lowest BCUT2D eigenvalue weighted by Gasteiger charge is -2.33. The second kappa shape index (κ2) is 11.7. The lowest BCUT2D eigenvalue weighted by molar-refractivity contribution is -0.385. The quantitative estimate of drug-likeness (QED) is 0.431. The molecule has 2 aromatic rings. The highest BCUT2D eigenvalue weighted by Gasteiger charge is 2.28. The van der Waals surface area contributed by atoms with Crippen molar-refractivity contribution in [3.8, 4) is 11.8 Å². The smallest absolute Gasteiger partial charge is 0.410 e. The van der Waals surface area contributed by atoms with Crippen LogP contribution < -0.4 is 4.74 Å². The van der Waals surface area contributed by atoms with E-state index < -0.39 is 16.6 Å². The highest BCUT2D eigenvalue weighted by Crippen LogP contribution is 2.28. The Balaban J connectivity index is 1.63. The Labute approximate surface area is 210 Å². The maximum atomic E-state index is 12.3. The molecule has 9 nitrogen and oxygen atoms in total. The zero-order valence-electron chi connectivity index (χ0n) is 20.7.